The number of carbonyl (C=O) groups excluding carboxylic acids is 3. The summed E-state index contributed by atoms with van der Waals surface area (Å²) in [5.41, 5.74) is 0.328. The van der Waals surface area contributed by atoms with Gasteiger partial charge in [0.05, 0.1) is 0 Å². The zero-order valence-electron chi connectivity index (χ0n) is 10.4. The van der Waals surface area contributed by atoms with Crippen LogP contribution in [0.3, 0.4) is 0 Å². The van der Waals surface area contributed by atoms with Gasteiger partial charge >= 0.3 is 12.0 Å². The van der Waals surface area contributed by atoms with Crippen LogP contribution in [0.2, 0.25) is 0 Å². The SMILES string of the molecule is CNC(=O)NC(=O)[C@@H](C)OC(=O)c1cccn1C. The molecule has 0 aromatic carbocycles. The summed E-state index contributed by atoms with van der Waals surface area (Å²) in [6, 6.07) is 2.61. The first-order chi connectivity index (χ1) is 8.45. The maximum atomic E-state index is 11.7. The second kappa shape index (κ2) is 5.85. The molecule has 0 aliphatic carbocycles. The largest absolute Gasteiger partial charge is 0.448 e. The summed E-state index contributed by atoms with van der Waals surface area (Å²) in [5.74, 6) is -1.31. The Morgan fingerprint density at radius 3 is 2.56 bits per heavy atom. The maximum absolute atomic E-state index is 11.7. The van der Waals surface area contributed by atoms with Gasteiger partial charge < -0.3 is 14.6 Å². The fourth-order valence-corrected chi connectivity index (χ4v) is 1.22. The van der Waals surface area contributed by atoms with E-state index in [0.717, 1.165) is 0 Å². The van der Waals surface area contributed by atoms with Gasteiger partial charge in [-0.2, -0.15) is 0 Å². The summed E-state index contributed by atoms with van der Waals surface area (Å²) in [6.07, 6.45) is 0.635. The fraction of sp³-hybridized carbons (Fsp3) is 0.364. The quantitative estimate of drug-likeness (QED) is 0.743. The summed E-state index contributed by atoms with van der Waals surface area (Å²) in [6.45, 7) is 1.39. The van der Waals surface area contributed by atoms with Crippen molar-refractivity contribution in [2.45, 2.75) is 13.0 Å². The number of aromatic nitrogens is 1. The van der Waals surface area contributed by atoms with Gasteiger partial charge in [0, 0.05) is 20.3 Å². The molecule has 1 heterocycles. The average molecular weight is 253 g/mol. The third-order valence-electron chi connectivity index (χ3n) is 2.27. The van der Waals surface area contributed by atoms with Crippen molar-refractivity contribution in [2.75, 3.05) is 7.05 Å². The average Bonchev–Trinajstić information content (AvgIpc) is 2.75. The van der Waals surface area contributed by atoms with Gasteiger partial charge in [-0.3, -0.25) is 10.1 Å². The highest BCUT2D eigenvalue weighted by Crippen LogP contribution is 2.04. The lowest BCUT2D eigenvalue weighted by Crippen LogP contribution is -2.43. The molecule has 7 heteroatoms. The van der Waals surface area contributed by atoms with Crippen molar-refractivity contribution in [1.29, 1.82) is 0 Å². The Balaban J connectivity index is 2.57. The minimum absolute atomic E-state index is 0.328. The minimum atomic E-state index is -1.05. The van der Waals surface area contributed by atoms with E-state index in [0.29, 0.717) is 5.69 Å². The van der Waals surface area contributed by atoms with Gasteiger partial charge in [0.15, 0.2) is 6.10 Å². The van der Waals surface area contributed by atoms with Crippen LogP contribution in [0.4, 0.5) is 4.79 Å². The van der Waals surface area contributed by atoms with E-state index in [1.54, 1.807) is 29.9 Å². The second-order valence-electron chi connectivity index (χ2n) is 3.62. The number of aryl methyl sites for hydroxylation is 1. The number of ether oxygens (including phenoxy) is 1. The van der Waals surface area contributed by atoms with E-state index in [9.17, 15) is 14.4 Å². The van der Waals surface area contributed by atoms with Crippen LogP contribution in [0, 0.1) is 0 Å². The maximum Gasteiger partial charge on any atom is 0.355 e. The lowest BCUT2D eigenvalue weighted by molar-refractivity contribution is -0.127. The van der Waals surface area contributed by atoms with E-state index in [1.807, 2.05) is 5.32 Å². The summed E-state index contributed by atoms with van der Waals surface area (Å²) in [5, 5.41) is 4.25. The number of esters is 1. The third-order valence-corrected chi connectivity index (χ3v) is 2.27. The van der Waals surface area contributed by atoms with Crippen molar-refractivity contribution in [2.24, 2.45) is 7.05 Å². The summed E-state index contributed by atoms with van der Waals surface area (Å²) in [7, 11) is 3.06. The van der Waals surface area contributed by atoms with Gasteiger partial charge in [-0.25, -0.2) is 9.59 Å². The Morgan fingerprint density at radius 2 is 2.06 bits per heavy atom. The molecular formula is C11H15N3O4. The predicted octanol–water partition coefficient (Wildman–Crippen LogP) is 0.0260. The second-order valence-corrected chi connectivity index (χ2v) is 3.62. The van der Waals surface area contributed by atoms with E-state index >= 15 is 0 Å². The van der Waals surface area contributed by atoms with Crippen LogP contribution in [0.25, 0.3) is 0 Å². The van der Waals surface area contributed by atoms with Crippen LogP contribution in [0.1, 0.15) is 17.4 Å². The molecule has 0 saturated heterocycles. The monoisotopic (exact) mass is 253 g/mol. The predicted molar refractivity (Wildman–Crippen MR) is 62.9 cm³/mol. The van der Waals surface area contributed by atoms with Crippen LogP contribution >= 0.6 is 0 Å². The first-order valence-corrected chi connectivity index (χ1v) is 5.30. The highest BCUT2D eigenvalue weighted by atomic mass is 16.5. The van der Waals surface area contributed by atoms with Crippen LogP contribution in [0.5, 0.6) is 0 Å². The first-order valence-electron chi connectivity index (χ1n) is 5.30. The van der Waals surface area contributed by atoms with Crippen LogP contribution in [0.15, 0.2) is 18.3 Å². The van der Waals surface area contributed by atoms with Crippen LogP contribution in [-0.2, 0) is 16.6 Å². The number of hydrogen-bond acceptors (Lipinski definition) is 4. The molecule has 0 spiro atoms. The molecule has 0 saturated carbocycles. The smallest absolute Gasteiger partial charge is 0.355 e. The number of nitrogens with one attached hydrogen (secondary N) is 2. The molecule has 7 nitrogen and oxygen atoms in total. The highest BCUT2D eigenvalue weighted by Gasteiger charge is 2.21. The lowest BCUT2D eigenvalue weighted by atomic mass is 10.3. The van der Waals surface area contributed by atoms with Crippen molar-refractivity contribution in [1.82, 2.24) is 15.2 Å². The highest BCUT2D eigenvalue weighted by molar-refractivity contribution is 5.98. The molecule has 0 bridgehead atoms. The molecule has 2 N–H and O–H groups in total. The Morgan fingerprint density at radius 1 is 1.39 bits per heavy atom. The number of nitrogens with zero attached hydrogens (tertiary/aromatic N) is 1. The van der Waals surface area contributed by atoms with E-state index in [-0.39, 0.29) is 0 Å². The summed E-state index contributed by atoms with van der Waals surface area (Å²) in [4.78, 5) is 34.0. The number of carbonyl (C=O) groups is 3. The topological polar surface area (TPSA) is 89.4 Å². The molecule has 1 atom stereocenters. The van der Waals surface area contributed by atoms with Gasteiger partial charge in [0.1, 0.15) is 5.69 Å². The number of imide groups is 1. The van der Waals surface area contributed by atoms with E-state index in [2.05, 4.69) is 5.32 Å². The molecule has 98 valence electrons. The Bertz CT molecular complexity index is 467. The number of rotatable bonds is 3. The Hall–Kier alpha value is -2.31. The summed E-state index contributed by atoms with van der Waals surface area (Å²) < 4.78 is 6.51. The molecule has 1 rings (SSSR count). The molecule has 0 unspecified atom stereocenters. The van der Waals surface area contributed by atoms with Crippen LogP contribution in [-0.4, -0.2) is 35.6 Å². The van der Waals surface area contributed by atoms with Gasteiger partial charge in [-0.05, 0) is 19.1 Å². The van der Waals surface area contributed by atoms with Crippen molar-refractivity contribution in [3.05, 3.63) is 24.0 Å². The van der Waals surface area contributed by atoms with Crippen molar-refractivity contribution < 1.29 is 19.1 Å². The molecule has 0 aliphatic rings. The normalized spacial score (nSPS) is 11.5. The first kappa shape index (κ1) is 13.8. The van der Waals surface area contributed by atoms with E-state index < -0.39 is 24.0 Å². The zero-order valence-corrected chi connectivity index (χ0v) is 10.4. The molecule has 18 heavy (non-hydrogen) atoms. The number of urea groups is 1. The zero-order chi connectivity index (χ0) is 13.7. The molecule has 1 aromatic rings. The van der Waals surface area contributed by atoms with E-state index in [1.165, 1.54) is 14.0 Å². The number of hydrogen-bond donors (Lipinski definition) is 2. The van der Waals surface area contributed by atoms with Crippen molar-refractivity contribution >= 4 is 17.9 Å². The molecule has 0 radical (unpaired) electrons. The third kappa shape index (κ3) is 3.34. The Kier molecular flexibility index (Phi) is 4.47. The van der Waals surface area contributed by atoms with Gasteiger partial charge in [0.25, 0.3) is 5.91 Å². The Labute approximate surface area is 104 Å². The van der Waals surface area contributed by atoms with Crippen molar-refractivity contribution in [3.8, 4) is 0 Å². The van der Waals surface area contributed by atoms with Gasteiger partial charge in [0.2, 0.25) is 0 Å². The molecule has 0 fully saturated rings. The van der Waals surface area contributed by atoms with Gasteiger partial charge in [-0.15, -0.1) is 0 Å². The minimum Gasteiger partial charge on any atom is -0.448 e. The van der Waals surface area contributed by atoms with Crippen LogP contribution < -0.4 is 10.6 Å². The molecule has 1 aromatic heterocycles. The summed E-state index contributed by atoms with van der Waals surface area (Å²) >= 11 is 0. The molecule has 3 amide bonds. The van der Waals surface area contributed by atoms with Crippen molar-refractivity contribution in [3.63, 3.8) is 0 Å². The lowest BCUT2D eigenvalue weighted by Gasteiger charge is -2.12. The molecular weight excluding hydrogens is 238 g/mol. The number of amides is 3. The fourth-order valence-electron chi connectivity index (χ4n) is 1.22. The van der Waals surface area contributed by atoms with E-state index in [4.69, 9.17) is 4.74 Å². The standard InChI is InChI=1S/C11H15N3O4/c1-7(9(15)13-11(17)12-2)18-10(16)8-5-4-6-14(8)3/h4-7H,1-3H3,(H2,12,13,15,17)/t7-/m1/s1. The molecule has 0 aliphatic heterocycles. The van der Waals surface area contributed by atoms with Gasteiger partial charge in [-0.1, -0.05) is 0 Å².